The van der Waals surface area contributed by atoms with E-state index in [1.165, 1.54) is 19.3 Å². The molecule has 1 aromatic heterocycles. The molecule has 2 fully saturated rings. The Kier molecular flexibility index (Phi) is 9.09. The van der Waals surface area contributed by atoms with Crippen LogP contribution in [-0.2, 0) is 4.79 Å². The standard InChI is InChI=1S/C29H42N6O2/c1-21(2)34-17-13-23(14-18-34)30-28-24-20-26(37-5)22(11-7-8-12-27(36)33(3)4)19-25(24)31-29(32-28)35-15-9-6-10-16-35/h19-21,23H,6,8-10,12-18H2,1-5H3,(H,30,31,32). The van der Waals surface area contributed by atoms with E-state index in [0.29, 0.717) is 30.7 Å². The van der Waals surface area contributed by atoms with E-state index in [-0.39, 0.29) is 5.91 Å². The van der Waals surface area contributed by atoms with Gasteiger partial charge < -0.3 is 24.8 Å². The molecule has 2 aliphatic rings. The number of amides is 1. The highest BCUT2D eigenvalue weighted by Gasteiger charge is 2.23. The predicted octanol–water partition coefficient (Wildman–Crippen LogP) is 4.13. The van der Waals surface area contributed by atoms with E-state index >= 15 is 0 Å². The summed E-state index contributed by atoms with van der Waals surface area (Å²) in [5.41, 5.74) is 1.65. The lowest BCUT2D eigenvalue weighted by molar-refractivity contribution is -0.128. The van der Waals surface area contributed by atoms with E-state index in [1.54, 1.807) is 26.1 Å². The maximum atomic E-state index is 11.9. The molecule has 0 spiro atoms. The van der Waals surface area contributed by atoms with Gasteiger partial charge in [-0.2, -0.15) is 4.98 Å². The minimum atomic E-state index is 0.0774. The van der Waals surface area contributed by atoms with Crippen LogP contribution < -0.4 is 15.0 Å². The number of carbonyl (C=O) groups excluding carboxylic acids is 1. The van der Waals surface area contributed by atoms with E-state index < -0.39 is 0 Å². The number of anilines is 2. The number of methoxy groups -OCH3 is 1. The molecule has 0 atom stereocenters. The number of likely N-dealkylation sites (tertiary alicyclic amines) is 1. The zero-order valence-electron chi connectivity index (χ0n) is 23.1. The minimum absolute atomic E-state index is 0.0774. The minimum Gasteiger partial charge on any atom is -0.495 e. The number of carbonyl (C=O) groups is 1. The van der Waals surface area contributed by atoms with Crippen LogP contribution in [0.5, 0.6) is 5.75 Å². The molecule has 2 aliphatic heterocycles. The van der Waals surface area contributed by atoms with Crippen LogP contribution in [0.25, 0.3) is 10.9 Å². The zero-order valence-corrected chi connectivity index (χ0v) is 23.1. The van der Waals surface area contributed by atoms with Crippen molar-refractivity contribution in [2.75, 3.05) is 57.6 Å². The predicted molar refractivity (Wildman–Crippen MR) is 150 cm³/mol. The second kappa shape index (κ2) is 12.5. The second-order valence-electron chi connectivity index (χ2n) is 10.6. The van der Waals surface area contributed by atoms with Gasteiger partial charge in [-0.15, -0.1) is 0 Å². The average Bonchev–Trinajstić information content (AvgIpc) is 2.91. The number of nitrogens with one attached hydrogen (secondary N) is 1. The van der Waals surface area contributed by atoms with Gasteiger partial charge in [0.25, 0.3) is 0 Å². The van der Waals surface area contributed by atoms with Gasteiger partial charge in [-0.05, 0) is 58.1 Å². The summed E-state index contributed by atoms with van der Waals surface area (Å²) in [6, 6.07) is 4.98. The van der Waals surface area contributed by atoms with Crippen molar-refractivity contribution in [1.29, 1.82) is 0 Å². The Morgan fingerprint density at radius 1 is 1.14 bits per heavy atom. The maximum Gasteiger partial charge on any atom is 0.227 e. The first-order valence-electron chi connectivity index (χ1n) is 13.7. The zero-order chi connectivity index (χ0) is 26.4. The number of nitrogens with zero attached hydrogens (tertiary/aromatic N) is 5. The summed E-state index contributed by atoms with van der Waals surface area (Å²) >= 11 is 0. The molecular formula is C29H42N6O2. The molecule has 37 heavy (non-hydrogen) atoms. The van der Waals surface area contributed by atoms with Gasteiger partial charge in [0.15, 0.2) is 0 Å². The Labute approximate surface area is 221 Å². The fourth-order valence-electron chi connectivity index (χ4n) is 5.06. The molecule has 8 nitrogen and oxygen atoms in total. The van der Waals surface area contributed by atoms with Crippen LogP contribution in [0.15, 0.2) is 12.1 Å². The number of piperidine rings is 2. The Morgan fingerprint density at radius 2 is 1.86 bits per heavy atom. The van der Waals surface area contributed by atoms with Gasteiger partial charge in [-0.25, -0.2) is 4.98 Å². The van der Waals surface area contributed by atoms with E-state index in [9.17, 15) is 4.79 Å². The van der Waals surface area contributed by atoms with Crippen molar-refractivity contribution in [3.63, 3.8) is 0 Å². The van der Waals surface area contributed by atoms with E-state index in [2.05, 4.69) is 40.8 Å². The van der Waals surface area contributed by atoms with E-state index in [1.807, 2.05) is 12.1 Å². The second-order valence-corrected chi connectivity index (χ2v) is 10.6. The molecule has 0 radical (unpaired) electrons. The van der Waals surface area contributed by atoms with Crippen LogP contribution in [0.2, 0.25) is 0 Å². The molecule has 0 saturated carbocycles. The van der Waals surface area contributed by atoms with Crippen LogP contribution in [0.3, 0.4) is 0 Å². The number of ether oxygens (including phenoxy) is 1. The fraction of sp³-hybridized carbons (Fsp3) is 0.621. The van der Waals surface area contributed by atoms with Crippen LogP contribution in [0, 0.1) is 11.8 Å². The molecule has 0 aliphatic carbocycles. The lowest BCUT2D eigenvalue weighted by Crippen LogP contribution is -2.42. The van der Waals surface area contributed by atoms with Crippen LogP contribution in [0.4, 0.5) is 11.8 Å². The highest BCUT2D eigenvalue weighted by atomic mass is 16.5. The number of rotatable bonds is 7. The molecule has 0 unspecified atom stereocenters. The Balaban J connectivity index is 1.65. The van der Waals surface area contributed by atoms with Crippen molar-refractivity contribution in [1.82, 2.24) is 19.8 Å². The summed E-state index contributed by atoms with van der Waals surface area (Å²) in [5, 5.41) is 4.73. The molecule has 1 amide bonds. The fourth-order valence-corrected chi connectivity index (χ4v) is 5.06. The van der Waals surface area contributed by atoms with Gasteiger partial charge in [-0.1, -0.05) is 11.8 Å². The van der Waals surface area contributed by atoms with E-state index in [4.69, 9.17) is 14.7 Å². The summed E-state index contributed by atoms with van der Waals surface area (Å²) in [6.45, 7) is 8.70. The first kappa shape index (κ1) is 27.0. The maximum absolute atomic E-state index is 11.9. The average molecular weight is 507 g/mol. The first-order chi connectivity index (χ1) is 17.9. The highest BCUT2D eigenvalue weighted by Crippen LogP contribution is 2.32. The van der Waals surface area contributed by atoms with Crippen molar-refractivity contribution in [3.8, 4) is 17.6 Å². The number of hydrogen-bond acceptors (Lipinski definition) is 7. The normalized spacial score (nSPS) is 17.0. The van der Waals surface area contributed by atoms with Crippen molar-refractivity contribution in [2.45, 2.75) is 70.9 Å². The van der Waals surface area contributed by atoms with Crippen LogP contribution >= 0.6 is 0 Å². The van der Waals surface area contributed by atoms with Crippen LogP contribution in [0.1, 0.15) is 64.4 Å². The third-order valence-corrected chi connectivity index (χ3v) is 7.43. The van der Waals surface area contributed by atoms with Crippen LogP contribution in [-0.4, -0.2) is 85.1 Å². The van der Waals surface area contributed by atoms with E-state index in [0.717, 1.165) is 67.3 Å². The van der Waals surface area contributed by atoms with Gasteiger partial charge >= 0.3 is 0 Å². The molecule has 0 bridgehead atoms. The smallest absolute Gasteiger partial charge is 0.227 e. The monoisotopic (exact) mass is 506 g/mol. The number of aromatic nitrogens is 2. The van der Waals surface area contributed by atoms with Gasteiger partial charge in [-0.3, -0.25) is 4.79 Å². The number of hydrogen-bond donors (Lipinski definition) is 1. The summed E-state index contributed by atoms with van der Waals surface area (Å²) < 4.78 is 5.72. The quantitative estimate of drug-likeness (QED) is 0.566. The molecular weight excluding hydrogens is 464 g/mol. The summed E-state index contributed by atoms with van der Waals surface area (Å²) in [7, 11) is 5.20. The third-order valence-electron chi connectivity index (χ3n) is 7.43. The van der Waals surface area contributed by atoms with Gasteiger partial charge in [0.1, 0.15) is 11.6 Å². The number of benzene rings is 1. The summed E-state index contributed by atoms with van der Waals surface area (Å²) in [4.78, 5) is 28.4. The van der Waals surface area contributed by atoms with Crippen molar-refractivity contribution in [3.05, 3.63) is 17.7 Å². The van der Waals surface area contributed by atoms with Gasteiger partial charge in [0.2, 0.25) is 11.9 Å². The Morgan fingerprint density at radius 3 is 2.51 bits per heavy atom. The largest absolute Gasteiger partial charge is 0.495 e. The molecule has 1 aromatic carbocycles. The summed E-state index contributed by atoms with van der Waals surface area (Å²) in [5.74, 6) is 8.81. The highest BCUT2D eigenvalue weighted by molar-refractivity contribution is 5.93. The Hall–Kier alpha value is -3.05. The lowest BCUT2D eigenvalue weighted by atomic mass is 10.0. The molecule has 2 aromatic rings. The van der Waals surface area contributed by atoms with Gasteiger partial charge in [0, 0.05) is 70.6 Å². The molecule has 4 rings (SSSR count). The molecule has 2 saturated heterocycles. The van der Waals surface area contributed by atoms with Crippen molar-refractivity contribution in [2.24, 2.45) is 0 Å². The SMILES string of the molecule is COc1cc2c(NC3CCN(C(C)C)CC3)nc(N3CCCCC3)nc2cc1C#CCCC(=O)N(C)C. The molecule has 1 N–H and O–H groups in total. The first-order valence-corrected chi connectivity index (χ1v) is 13.7. The molecule has 3 heterocycles. The lowest BCUT2D eigenvalue weighted by Gasteiger charge is -2.35. The molecule has 200 valence electrons. The third kappa shape index (κ3) is 6.84. The number of fused-ring (bicyclic) bond motifs is 1. The Bertz CT molecular complexity index is 1140. The van der Waals surface area contributed by atoms with Crippen molar-refractivity contribution < 1.29 is 9.53 Å². The molecule has 8 heteroatoms. The van der Waals surface area contributed by atoms with Gasteiger partial charge in [0.05, 0.1) is 18.2 Å². The summed E-state index contributed by atoms with van der Waals surface area (Å²) in [6.07, 6.45) is 6.69. The van der Waals surface area contributed by atoms with Crippen molar-refractivity contribution >= 4 is 28.6 Å². The topological polar surface area (TPSA) is 73.8 Å².